The lowest BCUT2D eigenvalue weighted by Crippen LogP contribution is -2.31. The number of hydrogen-bond acceptors (Lipinski definition) is 5. The Morgan fingerprint density at radius 2 is 1.69 bits per heavy atom. The fourth-order valence-corrected chi connectivity index (χ4v) is 2.30. The van der Waals surface area contributed by atoms with Crippen LogP contribution >= 0.6 is 0 Å². The summed E-state index contributed by atoms with van der Waals surface area (Å²) in [5, 5.41) is 3.98. The zero-order valence-electron chi connectivity index (χ0n) is 14.8. The van der Waals surface area contributed by atoms with Crippen molar-refractivity contribution in [1.82, 2.24) is 10.1 Å². The first-order valence-corrected chi connectivity index (χ1v) is 8.09. The van der Waals surface area contributed by atoms with Crippen LogP contribution in [0.15, 0.2) is 59.4 Å². The number of amides is 2. The molecule has 3 rings (SSSR count). The van der Waals surface area contributed by atoms with Crippen LogP contribution in [0, 0.1) is 0 Å². The zero-order valence-corrected chi connectivity index (χ0v) is 14.8. The number of ether oxygens (including phenoxy) is 1. The van der Waals surface area contributed by atoms with Gasteiger partial charge in [-0.25, -0.2) is 9.69 Å². The molecule has 0 aliphatic heterocycles. The maximum absolute atomic E-state index is 12.0. The van der Waals surface area contributed by atoms with Crippen molar-refractivity contribution in [3.8, 4) is 11.5 Å². The van der Waals surface area contributed by atoms with Crippen LogP contribution in [0.2, 0.25) is 0 Å². The Labute approximate surface area is 151 Å². The molecule has 2 aromatic heterocycles. The highest BCUT2D eigenvalue weighted by Crippen LogP contribution is 2.31. The van der Waals surface area contributed by atoms with E-state index in [-0.39, 0.29) is 5.41 Å². The number of nitrogens with two attached hydrogens (primary N) is 1. The van der Waals surface area contributed by atoms with E-state index in [1.54, 1.807) is 54.9 Å². The number of nitrogens with zero attached hydrogens (tertiary/aromatic N) is 3. The fraction of sp³-hybridized carbons (Fsp3) is 0.211. The molecule has 7 heteroatoms. The van der Waals surface area contributed by atoms with E-state index in [1.165, 1.54) is 4.90 Å². The lowest BCUT2D eigenvalue weighted by molar-refractivity contribution is 0.255. The van der Waals surface area contributed by atoms with E-state index in [0.717, 1.165) is 0 Å². The Morgan fingerprint density at radius 1 is 1.08 bits per heavy atom. The summed E-state index contributed by atoms with van der Waals surface area (Å²) in [6.45, 7) is 5.99. The van der Waals surface area contributed by atoms with Crippen molar-refractivity contribution in [3.05, 3.63) is 60.6 Å². The van der Waals surface area contributed by atoms with Crippen LogP contribution in [0.5, 0.6) is 11.5 Å². The number of carbonyl (C=O) groups excluding carboxylic acids is 1. The normalized spacial score (nSPS) is 11.2. The maximum Gasteiger partial charge on any atom is 0.325 e. The summed E-state index contributed by atoms with van der Waals surface area (Å²) in [6, 6.07) is 11.5. The van der Waals surface area contributed by atoms with Gasteiger partial charge < -0.3 is 15.0 Å². The van der Waals surface area contributed by atoms with Crippen molar-refractivity contribution in [2.75, 3.05) is 4.90 Å². The summed E-state index contributed by atoms with van der Waals surface area (Å²) in [5.74, 6) is 2.30. The number of pyridine rings is 1. The molecule has 0 radical (unpaired) electrons. The van der Waals surface area contributed by atoms with Crippen molar-refractivity contribution in [3.63, 3.8) is 0 Å². The Balaban J connectivity index is 1.85. The Bertz CT molecular complexity index is 883. The van der Waals surface area contributed by atoms with Gasteiger partial charge in [0.2, 0.25) is 0 Å². The highest BCUT2D eigenvalue weighted by atomic mass is 16.5. The molecule has 3 aromatic rings. The summed E-state index contributed by atoms with van der Waals surface area (Å²) in [6.07, 6.45) is 3.30. The van der Waals surface area contributed by atoms with E-state index < -0.39 is 6.03 Å². The lowest BCUT2D eigenvalue weighted by Gasteiger charge is -2.17. The third kappa shape index (κ3) is 3.83. The van der Waals surface area contributed by atoms with Gasteiger partial charge in [0.1, 0.15) is 17.3 Å². The van der Waals surface area contributed by atoms with Crippen LogP contribution in [-0.4, -0.2) is 16.2 Å². The quantitative estimate of drug-likeness (QED) is 0.752. The van der Waals surface area contributed by atoms with Crippen LogP contribution in [0.4, 0.5) is 16.3 Å². The summed E-state index contributed by atoms with van der Waals surface area (Å²) >= 11 is 0. The van der Waals surface area contributed by atoms with Gasteiger partial charge in [0.25, 0.3) is 0 Å². The van der Waals surface area contributed by atoms with E-state index in [1.807, 2.05) is 20.8 Å². The molecule has 0 aliphatic rings. The van der Waals surface area contributed by atoms with E-state index in [0.29, 0.717) is 28.8 Å². The molecule has 7 nitrogen and oxygen atoms in total. The monoisotopic (exact) mass is 352 g/mol. The minimum Gasteiger partial charge on any atom is -0.457 e. The van der Waals surface area contributed by atoms with E-state index >= 15 is 0 Å². The van der Waals surface area contributed by atoms with Crippen molar-refractivity contribution in [2.24, 2.45) is 5.73 Å². The summed E-state index contributed by atoms with van der Waals surface area (Å²) in [7, 11) is 0. The summed E-state index contributed by atoms with van der Waals surface area (Å²) in [5.41, 5.74) is 5.89. The molecule has 0 fully saturated rings. The number of benzene rings is 1. The number of urea groups is 1. The second-order valence-electron chi connectivity index (χ2n) is 6.75. The van der Waals surface area contributed by atoms with Gasteiger partial charge in [-0.2, -0.15) is 0 Å². The topological polar surface area (TPSA) is 94.5 Å². The van der Waals surface area contributed by atoms with Gasteiger partial charge in [0.05, 0.1) is 5.69 Å². The molecule has 2 N–H and O–H groups in total. The van der Waals surface area contributed by atoms with Gasteiger partial charge in [0, 0.05) is 23.9 Å². The van der Waals surface area contributed by atoms with Gasteiger partial charge in [-0.3, -0.25) is 4.98 Å². The second kappa shape index (κ2) is 6.87. The predicted octanol–water partition coefficient (Wildman–Crippen LogP) is 4.38. The van der Waals surface area contributed by atoms with Crippen molar-refractivity contribution in [2.45, 2.75) is 26.2 Å². The summed E-state index contributed by atoms with van der Waals surface area (Å²) in [4.78, 5) is 17.2. The van der Waals surface area contributed by atoms with Gasteiger partial charge in [-0.1, -0.05) is 25.9 Å². The molecule has 0 aliphatic carbocycles. The smallest absolute Gasteiger partial charge is 0.325 e. The molecule has 2 amide bonds. The third-order valence-corrected chi connectivity index (χ3v) is 3.67. The third-order valence-electron chi connectivity index (χ3n) is 3.67. The van der Waals surface area contributed by atoms with E-state index in [4.69, 9.17) is 15.0 Å². The Morgan fingerprint density at radius 3 is 2.23 bits per heavy atom. The molecule has 0 saturated carbocycles. The summed E-state index contributed by atoms with van der Waals surface area (Å²) < 4.78 is 11.1. The average Bonchev–Trinajstić information content (AvgIpc) is 3.07. The van der Waals surface area contributed by atoms with Crippen molar-refractivity contribution in [1.29, 1.82) is 0 Å². The van der Waals surface area contributed by atoms with Gasteiger partial charge >= 0.3 is 6.03 Å². The SMILES string of the molecule is CC(C)(C)c1cc(N(C(N)=O)c2ccc(Oc3ccncc3)cc2)no1. The number of rotatable bonds is 4. The predicted molar refractivity (Wildman–Crippen MR) is 97.7 cm³/mol. The first kappa shape index (κ1) is 17.5. The molecule has 26 heavy (non-hydrogen) atoms. The van der Waals surface area contributed by atoms with Crippen LogP contribution in [0.25, 0.3) is 0 Å². The van der Waals surface area contributed by atoms with Crippen LogP contribution in [0.1, 0.15) is 26.5 Å². The van der Waals surface area contributed by atoms with Gasteiger partial charge in [-0.15, -0.1) is 0 Å². The standard InChI is InChI=1S/C19H20N4O3/c1-19(2,3)16-12-17(22-26-16)23(18(20)24)13-4-6-14(7-5-13)25-15-8-10-21-11-9-15/h4-12H,1-3H3,(H2,20,24). The van der Waals surface area contributed by atoms with Gasteiger partial charge in [0.15, 0.2) is 5.82 Å². The van der Waals surface area contributed by atoms with Crippen molar-refractivity contribution >= 4 is 17.5 Å². The molecule has 2 heterocycles. The van der Waals surface area contributed by atoms with E-state index in [2.05, 4.69) is 10.1 Å². The average molecular weight is 352 g/mol. The highest BCUT2D eigenvalue weighted by Gasteiger charge is 2.24. The molecule has 0 unspecified atom stereocenters. The first-order chi connectivity index (χ1) is 12.3. The van der Waals surface area contributed by atoms with Crippen LogP contribution in [-0.2, 0) is 5.41 Å². The highest BCUT2D eigenvalue weighted by molar-refractivity contribution is 5.97. The molecule has 0 saturated heterocycles. The van der Waals surface area contributed by atoms with Crippen LogP contribution < -0.4 is 15.4 Å². The number of anilines is 2. The first-order valence-electron chi connectivity index (χ1n) is 8.09. The largest absolute Gasteiger partial charge is 0.457 e. The Kier molecular flexibility index (Phi) is 4.62. The Hall–Kier alpha value is -3.35. The number of aromatic nitrogens is 2. The molecule has 0 spiro atoms. The number of hydrogen-bond donors (Lipinski definition) is 1. The lowest BCUT2D eigenvalue weighted by atomic mass is 9.93. The number of carbonyl (C=O) groups is 1. The van der Waals surface area contributed by atoms with Crippen molar-refractivity contribution < 1.29 is 14.1 Å². The zero-order chi connectivity index (χ0) is 18.7. The second-order valence-corrected chi connectivity index (χ2v) is 6.75. The minimum atomic E-state index is -0.651. The van der Waals surface area contributed by atoms with E-state index in [9.17, 15) is 4.79 Å². The number of primary amides is 1. The molecule has 0 atom stereocenters. The molecule has 0 bridgehead atoms. The fourth-order valence-electron chi connectivity index (χ4n) is 2.30. The molecule has 1 aromatic carbocycles. The molecular weight excluding hydrogens is 332 g/mol. The maximum atomic E-state index is 12.0. The van der Waals surface area contributed by atoms with Gasteiger partial charge in [-0.05, 0) is 36.4 Å². The van der Waals surface area contributed by atoms with Crippen LogP contribution in [0.3, 0.4) is 0 Å². The molecule has 134 valence electrons. The minimum absolute atomic E-state index is 0.225. The molecular formula is C19H20N4O3.